The molecule has 76 valence electrons. The van der Waals surface area contributed by atoms with Crippen LogP contribution in [0.25, 0.3) is 0 Å². The molecular formula is C10H14N2OS. The number of carbonyl (C=O) groups excluding carboxylic acids is 1. The predicted octanol–water partition coefficient (Wildman–Crippen LogP) is 1.38. The number of nitrogens with zero attached hydrogens (tertiary/aromatic N) is 2. The first-order valence-electron chi connectivity index (χ1n) is 4.91. The first-order valence-corrected chi connectivity index (χ1v) is 6.07. The summed E-state index contributed by atoms with van der Waals surface area (Å²) in [4.78, 5) is 11.4. The molecule has 0 saturated carbocycles. The van der Waals surface area contributed by atoms with Crippen LogP contribution in [0.1, 0.15) is 12.5 Å². The molecule has 0 aromatic carbocycles. The number of Topliss-reactive ketones (excluding diaryl/α,β-unsaturated/α-hetero) is 1. The van der Waals surface area contributed by atoms with Crippen LogP contribution in [0.3, 0.4) is 0 Å². The minimum absolute atomic E-state index is 0.231. The van der Waals surface area contributed by atoms with Gasteiger partial charge >= 0.3 is 0 Å². The predicted molar refractivity (Wildman–Crippen MR) is 57.4 cm³/mol. The summed E-state index contributed by atoms with van der Waals surface area (Å²) in [6.07, 6.45) is 4.78. The molecule has 1 aliphatic rings. The smallest absolute Gasteiger partial charge is 0.146 e. The number of aryl methyl sites for hydroxylation is 1. The minimum atomic E-state index is 0.231. The summed E-state index contributed by atoms with van der Waals surface area (Å²) in [5.41, 5.74) is 1.19. The zero-order valence-corrected chi connectivity index (χ0v) is 9.09. The second kappa shape index (κ2) is 4.17. The van der Waals surface area contributed by atoms with Crippen molar-refractivity contribution in [3.05, 3.63) is 18.0 Å². The lowest BCUT2D eigenvalue weighted by molar-refractivity contribution is -0.119. The van der Waals surface area contributed by atoms with E-state index in [-0.39, 0.29) is 5.92 Å². The first kappa shape index (κ1) is 9.77. The van der Waals surface area contributed by atoms with Gasteiger partial charge in [-0.05, 0) is 18.9 Å². The van der Waals surface area contributed by atoms with E-state index < -0.39 is 0 Å². The molecule has 1 aliphatic heterocycles. The molecule has 1 fully saturated rings. The molecule has 14 heavy (non-hydrogen) atoms. The number of aromatic nitrogens is 2. The highest BCUT2D eigenvalue weighted by molar-refractivity contribution is 8.00. The molecule has 1 aromatic heterocycles. The van der Waals surface area contributed by atoms with E-state index in [9.17, 15) is 4.79 Å². The largest absolute Gasteiger partial charge is 0.298 e. The molecule has 3 nitrogen and oxygen atoms in total. The van der Waals surface area contributed by atoms with Crippen LogP contribution in [0.2, 0.25) is 0 Å². The van der Waals surface area contributed by atoms with Gasteiger partial charge in [-0.1, -0.05) is 0 Å². The quantitative estimate of drug-likeness (QED) is 0.756. The average Bonchev–Trinajstić information content (AvgIpc) is 2.77. The number of carbonyl (C=O) groups is 1. The maximum absolute atomic E-state index is 11.4. The number of hydrogen-bond donors (Lipinski definition) is 0. The Morgan fingerprint density at radius 3 is 3.14 bits per heavy atom. The van der Waals surface area contributed by atoms with Gasteiger partial charge in [-0.15, -0.1) is 0 Å². The van der Waals surface area contributed by atoms with E-state index in [2.05, 4.69) is 12.0 Å². The summed E-state index contributed by atoms with van der Waals surface area (Å²) >= 11 is 1.75. The van der Waals surface area contributed by atoms with Gasteiger partial charge in [-0.3, -0.25) is 9.48 Å². The van der Waals surface area contributed by atoms with Gasteiger partial charge in [0, 0.05) is 24.4 Å². The lowest BCUT2D eigenvalue weighted by Crippen LogP contribution is -2.13. The van der Waals surface area contributed by atoms with Gasteiger partial charge in [0.2, 0.25) is 0 Å². The Morgan fingerprint density at radius 2 is 2.57 bits per heavy atom. The third-order valence-electron chi connectivity index (χ3n) is 2.51. The SMILES string of the molecule is CCn1cc(CC2CSCC2=O)cn1. The maximum Gasteiger partial charge on any atom is 0.146 e. The van der Waals surface area contributed by atoms with Crippen LogP contribution >= 0.6 is 11.8 Å². The van der Waals surface area contributed by atoms with Gasteiger partial charge < -0.3 is 0 Å². The summed E-state index contributed by atoms with van der Waals surface area (Å²) < 4.78 is 1.90. The molecule has 1 aromatic rings. The van der Waals surface area contributed by atoms with E-state index in [4.69, 9.17) is 0 Å². The molecule has 2 heterocycles. The van der Waals surface area contributed by atoms with Crippen molar-refractivity contribution < 1.29 is 4.79 Å². The van der Waals surface area contributed by atoms with Gasteiger partial charge in [0.15, 0.2) is 0 Å². The topological polar surface area (TPSA) is 34.9 Å². The van der Waals surface area contributed by atoms with Gasteiger partial charge in [0.1, 0.15) is 5.78 Å². The first-order chi connectivity index (χ1) is 6.79. The second-order valence-corrected chi connectivity index (χ2v) is 4.62. The monoisotopic (exact) mass is 210 g/mol. The Hall–Kier alpha value is -0.770. The fourth-order valence-corrected chi connectivity index (χ4v) is 2.80. The molecule has 0 N–H and O–H groups in total. The number of rotatable bonds is 3. The molecule has 0 radical (unpaired) electrons. The van der Waals surface area contributed by atoms with Crippen molar-refractivity contribution in [1.29, 1.82) is 0 Å². The average molecular weight is 210 g/mol. The Balaban J connectivity index is 1.99. The number of ketones is 1. The lowest BCUT2D eigenvalue weighted by atomic mass is 10.0. The highest BCUT2D eigenvalue weighted by Crippen LogP contribution is 2.23. The standard InChI is InChI=1S/C10H14N2OS/c1-2-12-5-8(4-11-12)3-9-6-14-7-10(9)13/h4-5,9H,2-3,6-7H2,1H3. The molecule has 1 saturated heterocycles. The van der Waals surface area contributed by atoms with Gasteiger partial charge in [0.25, 0.3) is 0 Å². The normalized spacial score (nSPS) is 21.8. The Labute approximate surface area is 87.9 Å². The van der Waals surface area contributed by atoms with Crippen LogP contribution in [-0.4, -0.2) is 27.1 Å². The van der Waals surface area contributed by atoms with Crippen molar-refractivity contribution in [3.8, 4) is 0 Å². The molecule has 4 heteroatoms. The molecular weight excluding hydrogens is 196 g/mol. The van der Waals surface area contributed by atoms with Crippen molar-refractivity contribution in [2.45, 2.75) is 19.9 Å². The lowest BCUT2D eigenvalue weighted by Gasteiger charge is -2.03. The third-order valence-corrected chi connectivity index (χ3v) is 3.64. The van der Waals surface area contributed by atoms with E-state index in [1.807, 2.05) is 17.1 Å². The summed E-state index contributed by atoms with van der Waals surface area (Å²) in [5, 5.41) is 4.20. The second-order valence-electron chi connectivity index (χ2n) is 3.59. The summed E-state index contributed by atoms with van der Waals surface area (Å²) in [5.74, 6) is 2.32. The zero-order chi connectivity index (χ0) is 9.97. The zero-order valence-electron chi connectivity index (χ0n) is 8.27. The van der Waals surface area contributed by atoms with E-state index >= 15 is 0 Å². The van der Waals surface area contributed by atoms with Crippen molar-refractivity contribution in [2.75, 3.05) is 11.5 Å². The Bertz CT molecular complexity index is 335. The molecule has 0 amide bonds. The summed E-state index contributed by atoms with van der Waals surface area (Å²) in [6.45, 7) is 2.96. The fraction of sp³-hybridized carbons (Fsp3) is 0.600. The molecule has 1 unspecified atom stereocenters. The highest BCUT2D eigenvalue weighted by Gasteiger charge is 2.25. The minimum Gasteiger partial charge on any atom is -0.298 e. The number of thioether (sulfide) groups is 1. The van der Waals surface area contributed by atoms with Crippen LogP contribution < -0.4 is 0 Å². The van der Waals surface area contributed by atoms with Gasteiger partial charge in [-0.25, -0.2) is 0 Å². The Morgan fingerprint density at radius 1 is 1.71 bits per heavy atom. The van der Waals surface area contributed by atoms with E-state index in [0.29, 0.717) is 11.5 Å². The van der Waals surface area contributed by atoms with Crippen molar-refractivity contribution >= 4 is 17.5 Å². The van der Waals surface area contributed by atoms with Crippen LogP contribution in [0.4, 0.5) is 0 Å². The van der Waals surface area contributed by atoms with Crippen LogP contribution in [0.5, 0.6) is 0 Å². The van der Waals surface area contributed by atoms with E-state index in [1.54, 1.807) is 11.8 Å². The highest BCUT2D eigenvalue weighted by atomic mass is 32.2. The summed E-state index contributed by atoms with van der Waals surface area (Å²) in [6, 6.07) is 0. The van der Waals surface area contributed by atoms with Crippen molar-refractivity contribution in [3.63, 3.8) is 0 Å². The van der Waals surface area contributed by atoms with Crippen molar-refractivity contribution in [1.82, 2.24) is 9.78 Å². The van der Waals surface area contributed by atoms with E-state index in [0.717, 1.165) is 18.7 Å². The third kappa shape index (κ3) is 2.00. The van der Waals surface area contributed by atoms with Gasteiger partial charge in [0.05, 0.1) is 11.9 Å². The Kier molecular flexibility index (Phi) is 2.91. The van der Waals surface area contributed by atoms with Crippen LogP contribution in [0, 0.1) is 5.92 Å². The van der Waals surface area contributed by atoms with Crippen LogP contribution in [-0.2, 0) is 17.8 Å². The molecule has 2 rings (SSSR count). The number of hydrogen-bond acceptors (Lipinski definition) is 3. The van der Waals surface area contributed by atoms with E-state index in [1.165, 1.54) is 5.56 Å². The fourth-order valence-electron chi connectivity index (χ4n) is 1.65. The summed E-state index contributed by atoms with van der Waals surface area (Å²) in [7, 11) is 0. The van der Waals surface area contributed by atoms with Gasteiger partial charge in [-0.2, -0.15) is 16.9 Å². The molecule has 0 spiro atoms. The maximum atomic E-state index is 11.4. The molecule has 0 aliphatic carbocycles. The van der Waals surface area contributed by atoms with Crippen LogP contribution in [0.15, 0.2) is 12.4 Å². The molecule has 0 bridgehead atoms. The molecule has 1 atom stereocenters. The van der Waals surface area contributed by atoms with Crippen molar-refractivity contribution in [2.24, 2.45) is 5.92 Å².